The summed E-state index contributed by atoms with van der Waals surface area (Å²) in [4.78, 5) is 0. The highest BCUT2D eigenvalue weighted by Gasteiger charge is 2.17. The topological polar surface area (TPSA) is 30.5 Å². The number of aryl methyl sites for hydroxylation is 1. The van der Waals surface area contributed by atoms with Gasteiger partial charge in [0.1, 0.15) is 5.75 Å². The molecule has 0 spiro atoms. The molecule has 0 aliphatic rings. The van der Waals surface area contributed by atoms with Crippen LogP contribution in [0.5, 0.6) is 5.75 Å². The van der Waals surface area contributed by atoms with E-state index in [4.69, 9.17) is 9.47 Å². The maximum Gasteiger partial charge on any atom is 0.126 e. The molecular formula is C15H25NO2. The van der Waals surface area contributed by atoms with Crippen LogP contribution in [0.4, 0.5) is 0 Å². The van der Waals surface area contributed by atoms with Crippen molar-refractivity contribution in [3.63, 3.8) is 0 Å². The zero-order valence-corrected chi connectivity index (χ0v) is 12.2. The van der Waals surface area contributed by atoms with Crippen molar-refractivity contribution in [2.75, 3.05) is 26.9 Å². The molecule has 3 heteroatoms. The Hall–Kier alpha value is -1.06. The number of hydrogen-bond acceptors (Lipinski definition) is 3. The summed E-state index contributed by atoms with van der Waals surface area (Å²) >= 11 is 0. The van der Waals surface area contributed by atoms with Gasteiger partial charge in [0.2, 0.25) is 0 Å². The van der Waals surface area contributed by atoms with Crippen LogP contribution in [0, 0.1) is 13.8 Å². The fourth-order valence-corrected chi connectivity index (χ4v) is 2.10. The molecule has 0 bridgehead atoms. The van der Waals surface area contributed by atoms with Crippen molar-refractivity contribution < 1.29 is 9.47 Å². The number of hydrogen-bond donors (Lipinski definition) is 1. The van der Waals surface area contributed by atoms with Gasteiger partial charge in [0.05, 0.1) is 19.8 Å². The summed E-state index contributed by atoms with van der Waals surface area (Å²) in [6, 6.07) is 4.46. The van der Waals surface area contributed by atoms with Gasteiger partial charge >= 0.3 is 0 Å². The predicted molar refractivity (Wildman–Crippen MR) is 75.4 cm³/mol. The fraction of sp³-hybridized carbons (Fsp3) is 0.600. The van der Waals surface area contributed by atoms with Gasteiger partial charge in [-0.3, -0.25) is 0 Å². The number of rotatable bonds is 7. The van der Waals surface area contributed by atoms with Crippen LogP contribution in [0.1, 0.15) is 36.6 Å². The second kappa shape index (κ2) is 7.39. The Balaban J connectivity index is 3.06. The minimum atomic E-state index is 0.184. The van der Waals surface area contributed by atoms with E-state index >= 15 is 0 Å². The lowest BCUT2D eigenvalue weighted by Gasteiger charge is -2.22. The first-order valence-electron chi connectivity index (χ1n) is 6.60. The SMILES string of the molecule is CCNC(COCC)c1ccc(C)c(C)c1OC. The summed E-state index contributed by atoms with van der Waals surface area (Å²) in [5, 5.41) is 3.45. The number of benzene rings is 1. The van der Waals surface area contributed by atoms with Crippen molar-refractivity contribution in [1.29, 1.82) is 0 Å². The third-order valence-corrected chi connectivity index (χ3v) is 3.23. The Bertz CT molecular complexity index is 377. The molecule has 1 aromatic carbocycles. The van der Waals surface area contributed by atoms with E-state index in [1.165, 1.54) is 16.7 Å². The van der Waals surface area contributed by atoms with E-state index < -0.39 is 0 Å². The summed E-state index contributed by atoms with van der Waals surface area (Å²) in [6.45, 7) is 10.6. The van der Waals surface area contributed by atoms with E-state index in [0.29, 0.717) is 6.61 Å². The molecule has 0 aliphatic heterocycles. The molecule has 1 N–H and O–H groups in total. The lowest BCUT2D eigenvalue weighted by molar-refractivity contribution is 0.122. The molecule has 0 fully saturated rings. The van der Waals surface area contributed by atoms with Crippen molar-refractivity contribution in [2.45, 2.75) is 33.7 Å². The highest BCUT2D eigenvalue weighted by Crippen LogP contribution is 2.31. The van der Waals surface area contributed by atoms with Crippen molar-refractivity contribution in [3.05, 3.63) is 28.8 Å². The molecule has 0 heterocycles. The van der Waals surface area contributed by atoms with Gasteiger partial charge in [-0.05, 0) is 38.4 Å². The van der Waals surface area contributed by atoms with Crippen LogP contribution in [0.15, 0.2) is 12.1 Å². The minimum Gasteiger partial charge on any atom is -0.496 e. The predicted octanol–water partition coefficient (Wildman–Crippen LogP) is 3.00. The smallest absolute Gasteiger partial charge is 0.126 e. The Morgan fingerprint density at radius 2 is 1.94 bits per heavy atom. The highest BCUT2D eigenvalue weighted by atomic mass is 16.5. The molecule has 0 saturated heterocycles. The van der Waals surface area contributed by atoms with Crippen molar-refractivity contribution in [2.24, 2.45) is 0 Å². The largest absolute Gasteiger partial charge is 0.496 e. The van der Waals surface area contributed by atoms with Gasteiger partial charge in [-0.1, -0.05) is 19.1 Å². The zero-order valence-electron chi connectivity index (χ0n) is 12.2. The molecule has 0 aromatic heterocycles. The normalized spacial score (nSPS) is 12.5. The third-order valence-electron chi connectivity index (χ3n) is 3.23. The first kappa shape index (κ1) is 15.0. The van der Waals surface area contributed by atoms with Crippen LogP contribution in [0.3, 0.4) is 0 Å². The molecule has 0 saturated carbocycles. The summed E-state index contributed by atoms with van der Waals surface area (Å²) in [5.74, 6) is 0.973. The van der Waals surface area contributed by atoms with Crippen LogP contribution in [0.2, 0.25) is 0 Å². The van der Waals surface area contributed by atoms with Gasteiger partial charge in [-0.2, -0.15) is 0 Å². The van der Waals surface area contributed by atoms with E-state index in [1.807, 2.05) is 6.92 Å². The highest BCUT2D eigenvalue weighted by molar-refractivity contribution is 5.46. The van der Waals surface area contributed by atoms with E-state index in [0.717, 1.165) is 18.9 Å². The fourth-order valence-electron chi connectivity index (χ4n) is 2.10. The number of likely N-dealkylation sites (N-methyl/N-ethyl adjacent to an activating group) is 1. The molecule has 3 nitrogen and oxygen atoms in total. The quantitative estimate of drug-likeness (QED) is 0.808. The lowest BCUT2D eigenvalue weighted by atomic mass is 9.99. The van der Waals surface area contributed by atoms with E-state index in [-0.39, 0.29) is 6.04 Å². The first-order valence-corrected chi connectivity index (χ1v) is 6.60. The van der Waals surface area contributed by atoms with Gasteiger partial charge in [0.15, 0.2) is 0 Å². The first-order chi connectivity index (χ1) is 8.65. The monoisotopic (exact) mass is 251 g/mol. The molecule has 1 atom stereocenters. The Morgan fingerprint density at radius 1 is 1.22 bits per heavy atom. The van der Waals surface area contributed by atoms with Gasteiger partial charge in [-0.15, -0.1) is 0 Å². The minimum absolute atomic E-state index is 0.184. The van der Waals surface area contributed by atoms with Gasteiger partial charge < -0.3 is 14.8 Å². The Morgan fingerprint density at radius 3 is 2.50 bits per heavy atom. The van der Waals surface area contributed by atoms with Crippen LogP contribution >= 0.6 is 0 Å². The van der Waals surface area contributed by atoms with Crippen molar-refractivity contribution >= 4 is 0 Å². The molecule has 0 radical (unpaired) electrons. The summed E-state index contributed by atoms with van der Waals surface area (Å²) < 4.78 is 11.1. The Labute approximate surface area is 110 Å². The number of nitrogens with one attached hydrogen (secondary N) is 1. The van der Waals surface area contributed by atoms with Crippen molar-refractivity contribution in [3.8, 4) is 5.75 Å². The number of methoxy groups -OCH3 is 1. The Kier molecular flexibility index (Phi) is 6.16. The zero-order chi connectivity index (χ0) is 13.5. The van der Waals surface area contributed by atoms with Crippen LogP contribution in [-0.2, 0) is 4.74 Å². The maximum atomic E-state index is 5.57. The van der Waals surface area contributed by atoms with Crippen LogP contribution in [0.25, 0.3) is 0 Å². The van der Waals surface area contributed by atoms with Gasteiger partial charge in [0.25, 0.3) is 0 Å². The molecule has 0 aliphatic carbocycles. The van der Waals surface area contributed by atoms with E-state index in [1.54, 1.807) is 7.11 Å². The van der Waals surface area contributed by atoms with Gasteiger partial charge in [-0.25, -0.2) is 0 Å². The van der Waals surface area contributed by atoms with Crippen LogP contribution in [-0.4, -0.2) is 26.9 Å². The lowest BCUT2D eigenvalue weighted by Crippen LogP contribution is -2.26. The second-order valence-corrected chi connectivity index (χ2v) is 4.40. The van der Waals surface area contributed by atoms with Gasteiger partial charge in [0, 0.05) is 12.2 Å². The molecular weight excluding hydrogens is 226 g/mol. The second-order valence-electron chi connectivity index (χ2n) is 4.40. The average molecular weight is 251 g/mol. The van der Waals surface area contributed by atoms with Crippen molar-refractivity contribution in [1.82, 2.24) is 5.32 Å². The number of ether oxygens (including phenoxy) is 2. The molecule has 1 aromatic rings. The standard InChI is InChI=1S/C15H25NO2/c1-6-16-14(10-18-7-2)13-9-8-11(3)12(4)15(13)17-5/h8-9,14,16H,6-7,10H2,1-5H3. The molecule has 1 unspecified atom stereocenters. The van der Waals surface area contributed by atoms with E-state index in [9.17, 15) is 0 Å². The summed E-state index contributed by atoms with van der Waals surface area (Å²) in [7, 11) is 1.73. The molecule has 18 heavy (non-hydrogen) atoms. The third kappa shape index (κ3) is 3.47. The van der Waals surface area contributed by atoms with Crippen LogP contribution < -0.4 is 10.1 Å². The summed E-state index contributed by atoms with van der Waals surface area (Å²) in [5.41, 5.74) is 3.63. The van der Waals surface area contributed by atoms with E-state index in [2.05, 4.69) is 38.2 Å². The summed E-state index contributed by atoms with van der Waals surface area (Å²) in [6.07, 6.45) is 0. The average Bonchev–Trinajstić information content (AvgIpc) is 2.37. The maximum absolute atomic E-state index is 5.57. The molecule has 0 amide bonds. The molecule has 1 rings (SSSR count). The molecule has 102 valence electrons.